The average Bonchev–Trinajstić information content (AvgIpc) is 2.07. The molecular formula is C9H6BrF3O. The van der Waals surface area contributed by atoms with Crippen molar-refractivity contribution in [2.75, 3.05) is 0 Å². The van der Waals surface area contributed by atoms with E-state index in [0.717, 1.165) is 13.0 Å². The van der Waals surface area contributed by atoms with E-state index in [9.17, 15) is 18.0 Å². The first-order chi connectivity index (χ1) is 6.43. The molecule has 14 heavy (non-hydrogen) atoms. The van der Waals surface area contributed by atoms with E-state index in [2.05, 4.69) is 15.9 Å². The number of Topliss-reactive ketones (excluding diaryl/α,β-unsaturated/α-hetero) is 1. The van der Waals surface area contributed by atoms with Crippen molar-refractivity contribution < 1.29 is 18.0 Å². The monoisotopic (exact) mass is 266 g/mol. The maximum Gasteiger partial charge on any atom is 0.266 e. The van der Waals surface area contributed by atoms with Crippen LogP contribution in [0.3, 0.4) is 0 Å². The van der Waals surface area contributed by atoms with Crippen LogP contribution >= 0.6 is 15.9 Å². The van der Waals surface area contributed by atoms with Crippen LogP contribution < -0.4 is 0 Å². The number of carbonyl (C=O) groups is 1. The van der Waals surface area contributed by atoms with Gasteiger partial charge in [0.05, 0.1) is 11.1 Å². The normalized spacial score (nSPS) is 10.7. The van der Waals surface area contributed by atoms with Crippen molar-refractivity contribution in [3.8, 4) is 0 Å². The van der Waals surface area contributed by atoms with Gasteiger partial charge < -0.3 is 0 Å². The van der Waals surface area contributed by atoms with Gasteiger partial charge in [-0.15, -0.1) is 0 Å². The molecule has 76 valence electrons. The number of benzene rings is 1. The number of halogens is 4. The minimum absolute atomic E-state index is 0.263. The first-order valence-electron chi connectivity index (χ1n) is 3.71. The summed E-state index contributed by atoms with van der Waals surface area (Å²) in [7, 11) is 0. The van der Waals surface area contributed by atoms with Crippen molar-refractivity contribution in [3.63, 3.8) is 0 Å². The number of ketones is 1. The Balaban J connectivity index is 3.40. The number of carbonyl (C=O) groups excluding carboxylic acids is 1. The second-order valence-corrected chi connectivity index (χ2v) is 3.63. The van der Waals surface area contributed by atoms with Gasteiger partial charge >= 0.3 is 0 Å². The highest BCUT2D eigenvalue weighted by Crippen LogP contribution is 2.28. The molecule has 0 aliphatic heterocycles. The number of hydrogen-bond acceptors (Lipinski definition) is 1. The summed E-state index contributed by atoms with van der Waals surface area (Å²) < 4.78 is 38.1. The van der Waals surface area contributed by atoms with Crippen LogP contribution in [-0.4, -0.2) is 5.78 Å². The fourth-order valence-electron chi connectivity index (χ4n) is 1.03. The summed E-state index contributed by atoms with van der Waals surface area (Å²) >= 11 is 2.93. The minimum atomic E-state index is -2.93. The predicted octanol–water partition coefficient (Wildman–Crippen LogP) is 3.73. The third kappa shape index (κ3) is 2.15. The molecule has 0 fully saturated rings. The summed E-state index contributed by atoms with van der Waals surface area (Å²) in [5.74, 6) is -1.72. The zero-order chi connectivity index (χ0) is 10.9. The molecule has 0 N–H and O–H groups in total. The Morgan fingerprint density at radius 3 is 2.43 bits per heavy atom. The van der Waals surface area contributed by atoms with Crippen LogP contribution in [-0.2, 0) is 0 Å². The SMILES string of the molecule is CC(=O)c1cc(Br)cc(C(F)F)c1F. The summed E-state index contributed by atoms with van der Waals surface area (Å²) in [4.78, 5) is 10.9. The number of rotatable bonds is 2. The topological polar surface area (TPSA) is 17.1 Å². The van der Waals surface area contributed by atoms with Crippen LogP contribution in [0.1, 0.15) is 29.3 Å². The standard InChI is InChI=1S/C9H6BrF3O/c1-4(14)6-2-5(10)3-7(8(6)11)9(12)13/h2-3,9H,1H3. The molecule has 0 aromatic heterocycles. The Hall–Kier alpha value is -0.840. The van der Waals surface area contributed by atoms with Crippen molar-refractivity contribution >= 4 is 21.7 Å². The van der Waals surface area contributed by atoms with Crippen molar-refractivity contribution in [1.82, 2.24) is 0 Å². The highest BCUT2D eigenvalue weighted by Gasteiger charge is 2.19. The van der Waals surface area contributed by atoms with Gasteiger partial charge in [-0.05, 0) is 19.1 Å². The minimum Gasteiger partial charge on any atom is -0.294 e. The molecule has 1 rings (SSSR count). The second kappa shape index (κ2) is 4.13. The maximum atomic E-state index is 13.2. The van der Waals surface area contributed by atoms with Gasteiger partial charge in [0.25, 0.3) is 6.43 Å². The zero-order valence-corrected chi connectivity index (χ0v) is 8.74. The molecule has 5 heteroatoms. The molecule has 0 atom stereocenters. The molecule has 0 unspecified atom stereocenters. The smallest absolute Gasteiger partial charge is 0.266 e. The molecule has 0 heterocycles. The van der Waals surface area contributed by atoms with E-state index < -0.39 is 23.6 Å². The summed E-state index contributed by atoms with van der Waals surface area (Å²) in [5, 5.41) is 0. The molecular weight excluding hydrogens is 261 g/mol. The molecule has 0 amide bonds. The second-order valence-electron chi connectivity index (χ2n) is 2.71. The lowest BCUT2D eigenvalue weighted by atomic mass is 10.1. The summed E-state index contributed by atoms with van der Waals surface area (Å²) in [6.45, 7) is 1.13. The van der Waals surface area contributed by atoms with Gasteiger partial charge in [-0.3, -0.25) is 4.79 Å². The lowest BCUT2D eigenvalue weighted by molar-refractivity contribution is 0.101. The molecule has 0 saturated heterocycles. The van der Waals surface area contributed by atoms with E-state index in [4.69, 9.17) is 0 Å². The Kier molecular flexibility index (Phi) is 3.31. The highest BCUT2D eigenvalue weighted by molar-refractivity contribution is 9.10. The van der Waals surface area contributed by atoms with Gasteiger partial charge in [0.2, 0.25) is 0 Å². The van der Waals surface area contributed by atoms with Crippen molar-refractivity contribution in [2.24, 2.45) is 0 Å². The molecule has 0 bridgehead atoms. The summed E-state index contributed by atoms with van der Waals surface area (Å²) in [5.41, 5.74) is -1.08. The quantitative estimate of drug-likeness (QED) is 0.746. The van der Waals surface area contributed by atoms with Crippen LogP contribution in [0.25, 0.3) is 0 Å². The van der Waals surface area contributed by atoms with E-state index in [0.29, 0.717) is 0 Å². The Morgan fingerprint density at radius 1 is 1.43 bits per heavy atom. The third-order valence-corrected chi connectivity index (χ3v) is 2.14. The van der Waals surface area contributed by atoms with Gasteiger partial charge in [0.1, 0.15) is 5.82 Å². The highest BCUT2D eigenvalue weighted by atomic mass is 79.9. The van der Waals surface area contributed by atoms with Gasteiger partial charge in [0, 0.05) is 4.47 Å². The van der Waals surface area contributed by atoms with Crippen LogP contribution in [0.15, 0.2) is 16.6 Å². The molecule has 0 aliphatic rings. The van der Waals surface area contributed by atoms with Crippen molar-refractivity contribution in [1.29, 1.82) is 0 Å². The van der Waals surface area contributed by atoms with E-state index >= 15 is 0 Å². The van der Waals surface area contributed by atoms with E-state index in [1.165, 1.54) is 6.07 Å². The zero-order valence-electron chi connectivity index (χ0n) is 7.15. The number of alkyl halides is 2. The summed E-state index contributed by atoms with van der Waals surface area (Å²) in [6.07, 6.45) is -2.93. The Bertz CT molecular complexity index is 377. The third-order valence-electron chi connectivity index (χ3n) is 1.68. The van der Waals surface area contributed by atoms with Gasteiger partial charge in [-0.1, -0.05) is 15.9 Å². The fourth-order valence-corrected chi connectivity index (χ4v) is 1.50. The van der Waals surface area contributed by atoms with E-state index in [1.807, 2.05) is 0 Å². The van der Waals surface area contributed by atoms with Crippen LogP contribution in [0.4, 0.5) is 13.2 Å². The predicted molar refractivity (Wildman–Crippen MR) is 49.1 cm³/mol. The first kappa shape index (κ1) is 11.2. The van der Waals surface area contributed by atoms with Crippen molar-refractivity contribution in [3.05, 3.63) is 33.5 Å². The first-order valence-corrected chi connectivity index (χ1v) is 4.50. The van der Waals surface area contributed by atoms with E-state index in [1.54, 1.807) is 0 Å². The Labute approximate surface area is 87.1 Å². The fraction of sp³-hybridized carbons (Fsp3) is 0.222. The van der Waals surface area contributed by atoms with Crippen LogP contribution in [0, 0.1) is 5.82 Å². The van der Waals surface area contributed by atoms with Crippen molar-refractivity contribution in [2.45, 2.75) is 13.3 Å². The Morgan fingerprint density at radius 2 is 2.00 bits per heavy atom. The molecule has 1 aromatic rings. The average molecular weight is 267 g/mol. The number of hydrogen-bond donors (Lipinski definition) is 0. The molecule has 0 spiro atoms. The van der Waals surface area contributed by atoms with Crippen LogP contribution in [0.5, 0.6) is 0 Å². The van der Waals surface area contributed by atoms with Crippen LogP contribution in [0.2, 0.25) is 0 Å². The lowest BCUT2D eigenvalue weighted by Crippen LogP contribution is -2.02. The largest absolute Gasteiger partial charge is 0.294 e. The lowest BCUT2D eigenvalue weighted by Gasteiger charge is -2.06. The molecule has 0 saturated carbocycles. The molecule has 0 aliphatic carbocycles. The molecule has 0 radical (unpaired) electrons. The molecule has 1 aromatic carbocycles. The van der Waals surface area contributed by atoms with Gasteiger partial charge in [-0.25, -0.2) is 13.2 Å². The van der Waals surface area contributed by atoms with E-state index in [-0.39, 0.29) is 10.0 Å². The van der Waals surface area contributed by atoms with Gasteiger partial charge in [-0.2, -0.15) is 0 Å². The summed E-state index contributed by atoms with van der Waals surface area (Å²) in [6, 6.07) is 2.15. The molecule has 1 nitrogen and oxygen atoms in total. The van der Waals surface area contributed by atoms with Gasteiger partial charge in [0.15, 0.2) is 5.78 Å². The maximum absolute atomic E-state index is 13.2.